The van der Waals surface area contributed by atoms with Crippen LogP contribution in [0.15, 0.2) is 24.5 Å². The minimum absolute atomic E-state index is 0.185. The molecule has 3 fully saturated rings. The molecule has 6 heteroatoms. The number of likely N-dealkylation sites (tertiary alicyclic amines) is 1. The fraction of sp³-hybridized carbons (Fsp3) is 0.714. The Labute approximate surface area is 162 Å². The van der Waals surface area contributed by atoms with E-state index in [1.54, 1.807) is 12.4 Å². The molecule has 0 bridgehead atoms. The summed E-state index contributed by atoms with van der Waals surface area (Å²) < 4.78 is 6.33. The molecule has 148 valence electrons. The number of carbonyl (C=O) groups excluding carboxylic acids is 1. The zero-order chi connectivity index (χ0) is 18.8. The topological polar surface area (TPSA) is 57.7 Å². The SMILES string of the molecule is CN(C)[C@@H]1C[C@@H]2CN(C(=O)CNc3cccnc3)C[C@@H]2C[C@H]1OCC1CC1. The number of rotatable bonds is 7. The van der Waals surface area contributed by atoms with E-state index in [1.807, 2.05) is 12.1 Å². The van der Waals surface area contributed by atoms with E-state index >= 15 is 0 Å². The van der Waals surface area contributed by atoms with Gasteiger partial charge in [-0.2, -0.15) is 0 Å². The number of pyridine rings is 1. The summed E-state index contributed by atoms with van der Waals surface area (Å²) in [5.41, 5.74) is 0.892. The Morgan fingerprint density at radius 3 is 2.74 bits per heavy atom. The fourth-order valence-electron chi connectivity index (χ4n) is 4.62. The standard InChI is InChI=1S/C21H32N4O2/c1-24(2)19-8-16-12-25(21(26)11-23-18-4-3-7-22-10-18)13-17(16)9-20(19)27-14-15-5-6-15/h3-4,7,10,15-17,19-20,23H,5-6,8-9,11-14H2,1-2H3/t16-,17+,19-,20-/m1/s1. The van der Waals surface area contributed by atoms with Gasteiger partial charge in [-0.25, -0.2) is 0 Å². The lowest BCUT2D eigenvalue weighted by molar-refractivity contribution is -0.128. The molecule has 0 spiro atoms. The lowest BCUT2D eigenvalue weighted by Gasteiger charge is -2.41. The maximum absolute atomic E-state index is 12.7. The zero-order valence-electron chi connectivity index (χ0n) is 16.5. The highest BCUT2D eigenvalue weighted by atomic mass is 16.5. The summed E-state index contributed by atoms with van der Waals surface area (Å²) >= 11 is 0. The number of nitrogens with one attached hydrogen (secondary N) is 1. The number of hydrogen-bond acceptors (Lipinski definition) is 5. The third-order valence-corrected chi connectivity index (χ3v) is 6.45. The molecule has 3 aliphatic rings. The van der Waals surface area contributed by atoms with Crippen molar-refractivity contribution in [3.63, 3.8) is 0 Å². The molecule has 6 nitrogen and oxygen atoms in total. The second-order valence-corrected chi connectivity index (χ2v) is 8.73. The average Bonchev–Trinajstić information content (AvgIpc) is 3.41. The van der Waals surface area contributed by atoms with Crippen LogP contribution in [0.5, 0.6) is 0 Å². The summed E-state index contributed by atoms with van der Waals surface area (Å²) in [4.78, 5) is 21.1. The smallest absolute Gasteiger partial charge is 0.241 e. The predicted molar refractivity (Wildman–Crippen MR) is 105 cm³/mol. The van der Waals surface area contributed by atoms with Crippen molar-refractivity contribution >= 4 is 11.6 Å². The number of carbonyl (C=O) groups is 1. The number of likely N-dealkylation sites (N-methyl/N-ethyl adjacent to an activating group) is 1. The van der Waals surface area contributed by atoms with Crippen LogP contribution in [0.2, 0.25) is 0 Å². The van der Waals surface area contributed by atoms with Gasteiger partial charge in [-0.15, -0.1) is 0 Å². The maximum atomic E-state index is 12.7. The van der Waals surface area contributed by atoms with Crippen molar-refractivity contribution in [3.8, 4) is 0 Å². The maximum Gasteiger partial charge on any atom is 0.241 e. The van der Waals surface area contributed by atoms with E-state index < -0.39 is 0 Å². The van der Waals surface area contributed by atoms with Crippen molar-refractivity contribution in [2.75, 3.05) is 45.7 Å². The molecular weight excluding hydrogens is 340 g/mol. The Morgan fingerprint density at radius 2 is 2.07 bits per heavy atom. The summed E-state index contributed by atoms with van der Waals surface area (Å²) in [5.74, 6) is 2.16. The number of aromatic nitrogens is 1. The molecule has 4 rings (SSSR count). The van der Waals surface area contributed by atoms with Gasteiger partial charge in [-0.3, -0.25) is 9.78 Å². The molecule has 0 unspecified atom stereocenters. The number of anilines is 1. The van der Waals surface area contributed by atoms with Gasteiger partial charge < -0.3 is 19.9 Å². The highest BCUT2D eigenvalue weighted by molar-refractivity contribution is 5.81. The third kappa shape index (κ3) is 4.61. The minimum atomic E-state index is 0.185. The van der Waals surface area contributed by atoms with Crippen molar-refractivity contribution in [1.82, 2.24) is 14.8 Å². The largest absolute Gasteiger partial charge is 0.376 e. The van der Waals surface area contributed by atoms with Crippen molar-refractivity contribution in [2.24, 2.45) is 17.8 Å². The second-order valence-electron chi connectivity index (χ2n) is 8.73. The van der Waals surface area contributed by atoms with Gasteiger partial charge in [0, 0.05) is 38.1 Å². The number of hydrogen-bond donors (Lipinski definition) is 1. The van der Waals surface area contributed by atoms with Crippen molar-refractivity contribution in [2.45, 2.75) is 37.8 Å². The first kappa shape index (κ1) is 18.7. The van der Waals surface area contributed by atoms with Gasteiger partial charge >= 0.3 is 0 Å². The number of fused-ring (bicyclic) bond motifs is 1. The average molecular weight is 373 g/mol. The van der Waals surface area contributed by atoms with E-state index in [1.165, 1.54) is 12.8 Å². The Balaban J connectivity index is 1.31. The third-order valence-electron chi connectivity index (χ3n) is 6.45. The zero-order valence-corrected chi connectivity index (χ0v) is 16.5. The molecule has 0 aromatic carbocycles. The molecule has 1 aromatic heterocycles. The second kappa shape index (κ2) is 8.15. The molecule has 0 radical (unpaired) electrons. The van der Waals surface area contributed by atoms with Gasteiger partial charge in [0.05, 0.1) is 18.3 Å². The minimum Gasteiger partial charge on any atom is -0.376 e. The van der Waals surface area contributed by atoms with Crippen molar-refractivity contribution < 1.29 is 9.53 Å². The van der Waals surface area contributed by atoms with Crippen LogP contribution in [-0.4, -0.2) is 73.2 Å². The predicted octanol–water partition coefficient (Wildman–Crippen LogP) is 2.09. The number of ether oxygens (including phenoxy) is 1. The van der Waals surface area contributed by atoms with Crippen LogP contribution in [0, 0.1) is 17.8 Å². The van der Waals surface area contributed by atoms with Crippen LogP contribution in [0.1, 0.15) is 25.7 Å². The lowest BCUT2D eigenvalue weighted by atomic mass is 9.77. The summed E-state index contributed by atoms with van der Waals surface area (Å²) in [6.07, 6.45) is 8.68. The van der Waals surface area contributed by atoms with Gasteiger partial charge in [0.2, 0.25) is 5.91 Å². The van der Waals surface area contributed by atoms with Gasteiger partial charge in [-0.1, -0.05) is 0 Å². The van der Waals surface area contributed by atoms with E-state index in [0.29, 0.717) is 30.5 Å². The fourth-order valence-corrected chi connectivity index (χ4v) is 4.62. The molecule has 1 aromatic rings. The van der Waals surface area contributed by atoms with Gasteiger partial charge in [0.25, 0.3) is 0 Å². The molecule has 27 heavy (non-hydrogen) atoms. The van der Waals surface area contributed by atoms with E-state index in [-0.39, 0.29) is 5.91 Å². The molecule has 1 aliphatic heterocycles. The summed E-state index contributed by atoms with van der Waals surface area (Å²) in [6.45, 7) is 3.02. The summed E-state index contributed by atoms with van der Waals surface area (Å²) in [5, 5.41) is 3.19. The van der Waals surface area contributed by atoms with Crippen LogP contribution in [0.4, 0.5) is 5.69 Å². The van der Waals surface area contributed by atoms with Crippen LogP contribution in [0.25, 0.3) is 0 Å². The monoisotopic (exact) mass is 372 g/mol. The molecule has 2 heterocycles. The molecule has 1 amide bonds. The highest BCUT2D eigenvalue weighted by Gasteiger charge is 2.44. The van der Waals surface area contributed by atoms with Gasteiger partial charge in [0.15, 0.2) is 0 Å². The molecular formula is C21H32N4O2. The lowest BCUT2D eigenvalue weighted by Crippen LogP contribution is -2.48. The summed E-state index contributed by atoms with van der Waals surface area (Å²) in [7, 11) is 4.32. The Kier molecular flexibility index (Phi) is 5.64. The first-order chi connectivity index (χ1) is 13.1. The van der Waals surface area contributed by atoms with Crippen LogP contribution in [-0.2, 0) is 9.53 Å². The van der Waals surface area contributed by atoms with Gasteiger partial charge in [0.1, 0.15) is 0 Å². The van der Waals surface area contributed by atoms with Crippen LogP contribution in [0.3, 0.4) is 0 Å². The first-order valence-electron chi connectivity index (χ1n) is 10.3. The molecule has 2 aliphatic carbocycles. The molecule has 1 N–H and O–H groups in total. The Hall–Kier alpha value is -1.66. The van der Waals surface area contributed by atoms with E-state index in [9.17, 15) is 4.79 Å². The Morgan fingerprint density at radius 1 is 1.30 bits per heavy atom. The molecule has 4 atom stereocenters. The van der Waals surface area contributed by atoms with Crippen molar-refractivity contribution in [1.29, 1.82) is 0 Å². The highest BCUT2D eigenvalue weighted by Crippen LogP contribution is 2.40. The van der Waals surface area contributed by atoms with Crippen LogP contribution < -0.4 is 5.32 Å². The first-order valence-corrected chi connectivity index (χ1v) is 10.3. The van der Waals surface area contributed by atoms with Gasteiger partial charge in [-0.05, 0) is 69.7 Å². The number of nitrogens with zero attached hydrogens (tertiary/aromatic N) is 3. The Bertz CT molecular complexity index is 634. The van der Waals surface area contributed by atoms with E-state index in [2.05, 4.69) is 34.2 Å². The normalized spacial score (nSPS) is 30.4. The van der Waals surface area contributed by atoms with E-state index in [4.69, 9.17) is 4.74 Å². The molecule has 1 saturated heterocycles. The number of amides is 1. The molecule has 2 saturated carbocycles. The van der Waals surface area contributed by atoms with Crippen molar-refractivity contribution in [3.05, 3.63) is 24.5 Å². The summed E-state index contributed by atoms with van der Waals surface area (Å²) in [6, 6.07) is 4.28. The quantitative estimate of drug-likeness (QED) is 0.794. The van der Waals surface area contributed by atoms with Crippen LogP contribution >= 0.6 is 0 Å². The van der Waals surface area contributed by atoms with E-state index in [0.717, 1.165) is 44.1 Å².